The van der Waals surface area contributed by atoms with Gasteiger partial charge in [0.2, 0.25) is 0 Å². The van der Waals surface area contributed by atoms with Crippen LogP contribution in [0.25, 0.3) is 0 Å². The summed E-state index contributed by atoms with van der Waals surface area (Å²) in [5.41, 5.74) is 6.31. The summed E-state index contributed by atoms with van der Waals surface area (Å²) in [4.78, 5) is 5.58. The lowest BCUT2D eigenvalue weighted by molar-refractivity contribution is 0.387. The molecule has 0 aromatic carbocycles. The van der Waals surface area contributed by atoms with Gasteiger partial charge >= 0.3 is 0 Å². The summed E-state index contributed by atoms with van der Waals surface area (Å²) in [6, 6.07) is 0. The molecule has 0 fully saturated rings. The third-order valence-corrected chi connectivity index (χ3v) is 3.61. The van der Waals surface area contributed by atoms with Gasteiger partial charge < -0.3 is 5.73 Å². The van der Waals surface area contributed by atoms with Gasteiger partial charge in [-0.2, -0.15) is 0 Å². The number of hydrogen-bond acceptors (Lipinski definition) is 3. The van der Waals surface area contributed by atoms with Crippen LogP contribution in [0.15, 0.2) is 18.3 Å². The number of rotatable bonds is 2. The van der Waals surface area contributed by atoms with Crippen molar-refractivity contribution in [3.8, 4) is 0 Å². The van der Waals surface area contributed by atoms with Crippen LogP contribution in [0.2, 0.25) is 0 Å². The smallest absolute Gasteiger partial charge is 0.0896 e. The van der Waals surface area contributed by atoms with E-state index in [2.05, 4.69) is 17.1 Å². The highest BCUT2D eigenvalue weighted by Gasteiger charge is 2.25. The summed E-state index contributed by atoms with van der Waals surface area (Å²) in [6.45, 7) is 2.04. The zero-order chi connectivity index (χ0) is 10.0. The standard InChI is InChI=1S/C11H16N2S/c1-9-13-8-10(14-9)7-11(12)5-3-2-4-6-11/h2-3,8H,4-7,12H2,1H3. The second-order valence-electron chi connectivity index (χ2n) is 4.10. The molecule has 0 radical (unpaired) electrons. The summed E-state index contributed by atoms with van der Waals surface area (Å²) < 4.78 is 0. The van der Waals surface area contributed by atoms with Gasteiger partial charge in [-0.05, 0) is 26.2 Å². The molecule has 1 aliphatic rings. The van der Waals surface area contributed by atoms with Gasteiger partial charge in [0.15, 0.2) is 0 Å². The lowest BCUT2D eigenvalue weighted by Crippen LogP contribution is -2.42. The Bertz CT molecular complexity index is 343. The first-order chi connectivity index (χ1) is 6.68. The van der Waals surface area contributed by atoms with Crippen molar-refractivity contribution < 1.29 is 0 Å². The van der Waals surface area contributed by atoms with Crippen LogP contribution in [0.3, 0.4) is 0 Å². The molecule has 2 nitrogen and oxygen atoms in total. The van der Waals surface area contributed by atoms with Gasteiger partial charge in [0, 0.05) is 23.0 Å². The van der Waals surface area contributed by atoms with Crippen molar-refractivity contribution in [2.24, 2.45) is 5.73 Å². The lowest BCUT2D eigenvalue weighted by atomic mass is 9.83. The maximum atomic E-state index is 6.33. The second kappa shape index (κ2) is 3.83. The van der Waals surface area contributed by atoms with E-state index < -0.39 is 0 Å². The van der Waals surface area contributed by atoms with Gasteiger partial charge in [-0.1, -0.05) is 12.2 Å². The van der Waals surface area contributed by atoms with Crippen molar-refractivity contribution in [1.29, 1.82) is 0 Å². The molecule has 14 heavy (non-hydrogen) atoms. The van der Waals surface area contributed by atoms with Gasteiger partial charge in [0.1, 0.15) is 0 Å². The number of hydrogen-bond donors (Lipinski definition) is 1. The summed E-state index contributed by atoms with van der Waals surface area (Å²) in [7, 11) is 0. The van der Waals surface area contributed by atoms with Gasteiger partial charge in [-0.25, -0.2) is 4.98 Å². The van der Waals surface area contributed by atoms with Crippen LogP contribution in [0.4, 0.5) is 0 Å². The van der Waals surface area contributed by atoms with E-state index >= 15 is 0 Å². The molecule has 0 aliphatic heterocycles. The minimum atomic E-state index is -0.0201. The molecule has 0 bridgehead atoms. The average molecular weight is 208 g/mol. The Hall–Kier alpha value is -0.670. The molecule has 0 saturated heterocycles. The highest BCUT2D eigenvalue weighted by Crippen LogP contribution is 2.27. The first kappa shape index (κ1) is 9.87. The van der Waals surface area contributed by atoms with Crippen molar-refractivity contribution in [3.63, 3.8) is 0 Å². The highest BCUT2D eigenvalue weighted by molar-refractivity contribution is 7.11. The van der Waals surface area contributed by atoms with E-state index in [1.165, 1.54) is 4.88 Å². The van der Waals surface area contributed by atoms with E-state index in [1.54, 1.807) is 11.3 Å². The van der Waals surface area contributed by atoms with Gasteiger partial charge in [-0.15, -0.1) is 11.3 Å². The topological polar surface area (TPSA) is 38.9 Å². The predicted octanol–water partition coefficient (Wildman–Crippen LogP) is 2.43. The molecular weight excluding hydrogens is 192 g/mol. The van der Waals surface area contributed by atoms with Crippen LogP contribution >= 0.6 is 11.3 Å². The summed E-state index contributed by atoms with van der Waals surface area (Å²) in [5.74, 6) is 0. The summed E-state index contributed by atoms with van der Waals surface area (Å²) >= 11 is 1.76. The fraction of sp³-hybridized carbons (Fsp3) is 0.545. The number of aromatic nitrogens is 1. The van der Waals surface area contributed by atoms with Crippen LogP contribution in [0, 0.1) is 6.92 Å². The molecular formula is C11H16N2S. The van der Waals surface area contributed by atoms with Crippen molar-refractivity contribution in [2.75, 3.05) is 0 Å². The van der Waals surface area contributed by atoms with Crippen molar-refractivity contribution in [1.82, 2.24) is 4.98 Å². The molecule has 1 heterocycles. The fourth-order valence-corrected chi connectivity index (χ4v) is 2.85. The van der Waals surface area contributed by atoms with E-state index in [0.717, 1.165) is 30.7 Å². The first-order valence-electron chi connectivity index (χ1n) is 5.03. The zero-order valence-electron chi connectivity index (χ0n) is 8.49. The first-order valence-corrected chi connectivity index (χ1v) is 5.85. The Labute approximate surface area is 88.9 Å². The zero-order valence-corrected chi connectivity index (χ0v) is 9.31. The molecule has 2 N–H and O–H groups in total. The van der Waals surface area contributed by atoms with Gasteiger partial charge in [0.05, 0.1) is 5.01 Å². The Morgan fingerprint density at radius 3 is 3.00 bits per heavy atom. The largest absolute Gasteiger partial charge is 0.324 e. The normalized spacial score (nSPS) is 26.7. The monoisotopic (exact) mass is 208 g/mol. The predicted molar refractivity (Wildman–Crippen MR) is 60.5 cm³/mol. The van der Waals surface area contributed by atoms with Crippen molar-refractivity contribution >= 4 is 11.3 Å². The van der Waals surface area contributed by atoms with Crippen LogP contribution in [0.1, 0.15) is 29.1 Å². The minimum Gasteiger partial charge on any atom is -0.324 e. The average Bonchev–Trinajstić information content (AvgIpc) is 2.51. The molecule has 76 valence electrons. The molecule has 0 saturated carbocycles. The molecule has 1 aromatic heterocycles. The molecule has 0 spiro atoms. The third kappa shape index (κ3) is 2.22. The van der Waals surface area contributed by atoms with Gasteiger partial charge in [0.25, 0.3) is 0 Å². The van der Waals surface area contributed by atoms with Crippen molar-refractivity contribution in [3.05, 3.63) is 28.2 Å². The number of nitrogens with zero attached hydrogens (tertiary/aromatic N) is 1. The number of aryl methyl sites for hydroxylation is 1. The van der Waals surface area contributed by atoms with Crippen LogP contribution in [-0.4, -0.2) is 10.5 Å². The van der Waals surface area contributed by atoms with Gasteiger partial charge in [-0.3, -0.25) is 0 Å². The molecule has 1 aromatic rings. The number of nitrogens with two attached hydrogens (primary N) is 1. The van der Waals surface area contributed by atoms with E-state index in [-0.39, 0.29) is 5.54 Å². The Kier molecular flexibility index (Phi) is 2.70. The molecule has 3 heteroatoms. The Morgan fingerprint density at radius 2 is 2.43 bits per heavy atom. The number of thiazole rings is 1. The lowest BCUT2D eigenvalue weighted by Gasteiger charge is -2.29. The van der Waals surface area contributed by atoms with E-state index in [4.69, 9.17) is 5.73 Å². The maximum Gasteiger partial charge on any atom is 0.0896 e. The van der Waals surface area contributed by atoms with E-state index in [9.17, 15) is 0 Å². The molecule has 2 rings (SSSR count). The minimum absolute atomic E-state index is 0.0201. The Morgan fingerprint density at radius 1 is 1.57 bits per heavy atom. The summed E-state index contributed by atoms with van der Waals surface area (Å²) in [5, 5.41) is 1.13. The summed E-state index contributed by atoms with van der Waals surface area (Å²) in [6.07, 6.45) is 10.6. The van der Waals surface area contributed by atoms with Crippen LogP contribution in [0.5, 0.6) is 0 Å². The fourth-order valence-electron chi connectivity index (χ4n) is 1.90. The molecule has 1 unspecified atom stereocenters. The second-order valence-corrected chi connectivity index (χ2v) is 5.42. The molecule has 0 amide bonds. The van der Waals surface area contributed by atoms with Crippen molar-refractivity contribution in [2.45, 2.75) is 38.1 Å². The quantitative estimate of drug-likeness (QED) is 0.758. The van der Waals surface area contributed by atoms with E-state index in [0.29, 0.717) is 0 Å². The third-order valence-electron chi connectivity index (χ3n) is 2.70. The van der Waals surface area contributed by atoms with E-state index in [1.807, 2.05) is 13.1 Å². The maximum absolute atomic E-state index is 6.33. The SMILES string of the molecule is Cc1ncc(CC2(N)CC=CCC2)s1. The Balaban J connectivity index is 2.06. The highest BCUT2D eigenvalue weighted by atomic mass is 32.1. The number of allylic oxidation sites excluding steroid dienone is 1. The molecule has 1 aliphatic carbocycles. The molecule has 1 atom stereocenters. The van der Waals surface area contributed by atoms with Crippen LogP contribution < -0.4 is 5.73 Å². The van der Waals surface area contributed by atoms with Crippen LogP contribution in [-0.2, 0) is 6.42 Å².